The normalized spacial score (nSPS) is 15.2. The number of aliphatic hydroxyl groups excluding tert-OH is 1. The Hall–Kier alpha value is -1.75. The van der Waals surface area contributed by atoms with Crippen LogP contribution < -0.4 is 9.47 Å². The predicted octanol–water partition coefficient (Wildman–Crippen LogP) is 0.768. The van der Waals surface area contributed by atoms with E-state index in [2.05, 4.69) is 0 Å². The second-order valence-electron chi connectivity index (χ2n) is 4.30. The van der Waals surface area contributed by atoms with E-state index in [4.69, 9.17) is 14.6 Å². The van der Waals surface area contributed by atoms with Crippen molar-refractivity contribution in [3.05, 3.63) is 23.8 Å². The van der Waals surface area contributed by atoms with Gasteiger partial charge in [0.2, 0.25) is 0 Å². The van der Waals surface area contributed by atoms with Gasteiger partial charge in [0.05, 0.1) is 14.2 Å². The minimum absolute atomic E-state index is 0.117. The van der Waals surface area contributed by atoms with Gasteiger partial charge in [-0.3, -0.25) is 4.79 Å². The molecule has 0 bridgehead atoms. The summed E-state index contributed by atoms with van der Waals surface area (Å²) in [5.41, 5.74) is 0.443. The first-order valence-corrected chi connectivity index (χ1v) is 5.82. The summed E-state index contributed by atoms with van der Waals surface area (Å²) in [6, 6.07) is 5.25. The lowest BCUT2D eigenvalue weighted by Crippen LogP contribution is -2.51. The average Bonchev–Trinajstić information content (AvgIpc) is 2.36. The van der Waals surface area contributed by atoms with Crippen molar-refractivity contribution in [2.45, 2.75) is 0 Å². The second-order valence-corrected chi connectivity index (χ2v) is 4.30. The van der Waals surface area contributed by atoms with Crippen LogP contribution in [0, 0.1) is 5.92 Å². The van der Waals surface area contributed by atoms with Crippen LogP contribution in [0.15, 0.2) is 18.2 Å². The highest BCUT2D eigenvalue weighted by molar-refractivity contribution is 6.00. The number of rotatable bonds is 4. The number of methoxy groups -OCH3 is 2. The largest absolute Gasteiger partial charge is 0.496 e. The van der Waals surface area contributed by atoms with Crippen molar-refractivity contribution in [3.8, 4) is 11.5 Å². The van der Waals surface area contributed by atoms with Gasteiger partial charge >= 0.3 is 0 Å². The van der Waals surface area contributed by atoms with Crippen LogP contribution in [0.2, 0.25) is 0 Å². The molecule has 0 spiro atoms. The van der Waals surface area contributed by atoms with Crippen LogP contribution in [0.25, 0.3) is 0 Å². The Morgan fingerprint density at radius 1 is 1.33 bits per heavy atom. The number of nitrogens with zero attached hydrogens (tertiary/aromatic N) is 1. The average molecular weight is 251 g/mol. The topological polar surface area (TPSA) is 59.0 Å². The first-order chi connectivity index (χ1) is 8.71. The molecule has 0 aliphatic carbocycles. The summed E-state index contributed by atoms with van der Waals surface area (Å²) in [5, 5.41) is 8.97. The second kappa shape index (κ2) is 5.27. The molecule has 1 aliphatic heterocycles. The highest BCUT2D eigenvalue weighted by Gasteiger charge is 2.33. The number of carbonyl (C=O) groups excluding carboxylic acids is 1. The van der Waals surface area contributed by atoms with E-state index in [9.17, 15) is 4.79 Å². The van der Waals surface area contributed by atoms with E-state index in [0.29, 0.717) is 30.2 Å². The smallest absolute Gasteiger partial charge is 0.261 e. The van der Waals surface area contributed by atoms with E-state index in [-0.39, 0.29) is 18.4 Å². The molecular formula is C13H17NO4. The van der Waals surface area contributed by atoms with Crippen molar-refractivity contribution in [2.75, 3.05) is 33.9 Å². The zero-order valence-corrected chi connectivity index (χ0v) is 10.5. The van der Waals surface area contributed by atoms with Gasteiger partial charge in [-0.2, -0.15) is 0 Å². The van der Waals surface area contributed by atoms with Gasteiger partial charge in [-0.05, 0) is 12.1 Å². The molecule has 2 rings (SSSR count). The van der Waals surface area contributed by atoms with Crippen molar-refractivity contribution < 1.29 is 19.4 Å². The molecule has 1 fully saturated rings. The lowest BCUT2D eigenvalue weighted by molar-refractivity contribution is 0.0356. The number of benzene rings is 1. The van der Waals surface area contributed by atoms with Crippen molar-refractivity contribution in [1.29, 1.82) is 0 Å². The van der Waals surface area contributed by atoms with Gasteiger partial charge in [0.15, 0.2) is 0 Å². The van der Waals surface area contributed by atoms with Crippen LogP contribution in [0.1, 0.15) is 10.4 Å². The van der Waals surface area contributed by atoms with Gasteiger partial charge in [0, 0.05) is 25.6 Å². The quantitative estimate of drug-likeness (QED) is 0.858. The zero-order chi connectivity index (χ0) is 13.1. The van der Waals surface area contributed by atoms with E-state index in [1.165, 1.54) is 14.2 Å². The molecule has 1 aromatic rings. The third-order valence-electron chi connectivity index (χ3n) is 3.14. The fourth-order valence-electron chi connectivity index (χ4n) is 2.07. The van der Waals surface area contributed by atoms with Gasteiger partial charge < -0.3 is 19.5 Å². The summed E-state index contributed by atoms with van der Waals surface area (Å²) < 4.78 is 10.4. The summed E-state index contributed by atoms with van der Waals surface area (Å²) in [6.07, 6.45) is 0. The first kappa shape index (κ1) is 12.7. The number of hydrogen-bond donors (Lipinski definition) is 1. The Bertz CT molecular complexity index is 418. The Labute approximate surface area is 106 Å². The summed E-state index contributed by atoms with van der Waals surface area (Å²) in [7, 11) is 3.05. The number of hydrogen-bond acceptors (Lipinski definition) is 4. The predicted molar refractivity (Wildman–Crippen MR) is 66.0 cm³/mol. The maximum atomic E-state index is 12.3. The fraction of sp³-hybridized carbons (Fsp3) is 0.462. The number of aliphatic hydroxyl groups is 1. The molecular weight excluding hydrogens is 234 g/mol. The third kappa shape index (κ3) is 2.13. The van der Waals surface area contributed by atoms with Crippen LogP contribution in [0.4, 0.5) is 0 Å². The molecule has 0 unspecified atom stereocenters. The van der Waals surface area contributed by atoms with E-state index in [1.54, 1.807) is 23.1 Å². The zero-order valence-electron chi connectivity index (χ0n) is 10.5. The van der Waals surface area contributed by atoms with Crippen LogP contribution in [-0.2, 0) is 0 Å². The lowest BCUT2D eigenvalue weighted by Gasteiger charge is -2.38. The van der Waals surface area contributed by atoms with Gasteiger partial charge in [0.1, 0.15) is 17.1 Å². The molecule has 5 nitrogen and oxygen atoms in total. The van der Waals surface area contributed by atoms with Crippen molar-refractivity contribution in [3.63, 3.8) is 0 Å². The minimum Gasteiger partial charge on any atom is -0.496 e. The molecule has 18 heavy (non-hydrogen) atoms. The molecule has 5 heteroatoms. The van der Waals surface area contributed by atoms with Crippen LogP contribution in [-0.4, -0.2) is 49.8 Å². The molecule has 1 aromatic carbocycles. The summed E-state index contributed by atoms with van der Waals surface area (Å²) in [4.78, 5) is 14.0. The SMILES string of the molecule is COc1cccc(OC)c1C(=O)N1CC(CO)C1. The highest BCUT2D eigenvalue weighted by atomic mass is 16.5. The van der Waals surface area contributed by atoms with Gasteiger partial charge in [-0.25, -0.2) is 0 Å². The summed E-state index contributed by atoms with van der Waals surface area (Å²) >= 11 is 0. The molecule has 0 saturated carbocycles. The van der Waals surface area contributed by atoms with E-state index < -0.39 is 0 Å². The van der Waals surface area contributed by atoms with Crippen molar-refractivity contribution in [1.82, 2.24) is 4.90 Å². The fourth-order valence-corrected chi connectivity index (χ4v) is 2.07. The standard InChI is InChI=1S/C13H17NO4/c1-17-10-4-3-5-11(18-2)12(10)13(16)14-6-9(7-14)8-15/h3-5,9,15H,6-8H2,1-2H3. The lowest BCUT2D eigenvalue weighted by atomic mass is 9.99. The molecule has 0 atom stereocenters. The molecule has 1 saturated heterocycles. The van der Waals surface area contributed by atoms with Crippen molar-refractivity contribution >= 4 is 5.91 Å². The number of likely N-dealkylation sites (tertiary alicyclic amines) is 1. The van der Waals surface area contributed by atoms with Gasteiger partial charge in [-0.15, -0.1) is 0 Å². The van der Waals surface area contributed by atoms with Gasteiger partial charge in [-0.1, -0.05) is 6.07 Å². The maximum absolute atomic E-state index is 12.3. The summed E-state index contributed by atoms with van der Waals surface area (Å²) in [5.74, 6) is 1.09. The maximum Gasteiger partial charge on any atom is 0.261 e. The number of carbonyl (C=O) groups is 1. The Morgan fingerprint density at radius 3 is 2.33 bits per heavy atom. The highest BCUT2D eigenvalue weighted by Crippen LogP contribution is 2.31. The van der Waals surface area contributed by atoms with Crippen LogP contribution >= 0.6 is 0 Å². The Kier molecular flexibility index (Phi) is 3.72. The van der Waals surface area contributed by atoms with Crippen LogP contribution in [0.5, 0.6) is 11.5 Å². The van der Waals surface area contributed by atoms with Gasteiger partial charge in [0.25, 0.3) is 5.91 Å². The number of ether oxygens (including phenoxy) is 2. The number of amides is 1. The van der Waals surface area contributed by atoms with Crippen molar-refractivity contribution in [2.24, 2.45) is 5.92 Å². The molecule has 1 amide bonds. The Morgan fingerprint density at radius 2 is 1.89 bits per heavy atom. The van der Waals surface area contributed by atoms with Crippen LogP contribution in [0.3, 0.4) is 0 Å². The monoisotopic (exact) mass is 251 g/mol. The van der Waals surface area contributed by atoms with E-state index in [1.807, 2.05) is 0 Å². The molecule has 0 radical (unpaired) electrons. The first-order valence-electron chi connectivity index (χ1n) is 5.82. The molecule has 1 N–H and O–H groups in total. The molecule has 1 aliphatic rings. The third-order valence-corrected chi connectivity index (χ3v) is 3.14. The molecule has 0 aromatic heterocycles. The Balaban J connectivity index is 2.24. The molecule has 98 valence electrons. The van der Waals surface area contributed by atoms with E-state index in [0.717, 1.165) is 0 Å². The molecule has 1 heterocycles. The van der Waals surface area contributed by atoms with E-state index >= 15 is 0 Å². The summed E-state index contributed by atoms with van der Waals surface area (Å²) in [6.45, 7) is 1.28. The minimum atomic E-state index is -0.117.